The molecule has 0 spiro atoms. The van der Waals surface area contributed by atoms with E-state index >= 15 is 0 Å². The molecule has 84 valence electrons. The zero-order chi connectivity index (χ0) is 11.9. The first kappa shape index (κ1) is 10.4. The van der Waals surface area contributed by atoms with E-state index < -0.39 is 0 Å². The van der Waals surface area contributed by atoms with Gasteiger partial charge in [-0.2, -0.15) is 0 Å². The monoisotopic (exact) mass is 219 g/mol. The van der Waals surface area contributed by atoms with Crippen LogP contribution < -0.4 is 5.32 Å². The highest BCUT2D eigenvalue weighted by Crippen LogP contribution is 2.15. The minimum absolute atomic E-state index is 0.265. The number of nitrogens with one attached hydrogen (secondary N) is 2. The summed E-state index contributed by atoms with van der Waals surface area (Å²) in [4.78, 5) is 11.4. The van der Waals surface area contributed by atoms with Crippen molar-refractivity contribution in [3.05, 3.63) is 23.4 Å². The quantitative estimate of drug-likeness (QED) is 0.745. The second-order valence-corrected chi connectivity index (χ2v) is 3.78. The highest BCUT2D eigenvalue weighted by molar-refractivity contribution is 6.01. The van der Waals surface area contributed by atoms with Crippen LogP contribution in [-0.4, -0.2) is 25.7 Å². The molecule has 6 nitrogen and oxygen atoms in total. The number of hydrogen-bond acceptors (Lipinski definition) is 3. The van der Waals surface area contributed by atoms with Gasteiger partial charge in [0.25, 0.3) is 11.9 Å². The van der Waals surface area contributed by atoms with Gasteiger partial charge in [0, 0.05) is 16.8 Å². The summed E-state index contributed by atoms with van der Waals surface area (Å²) in [5, 5.41) is 13.6. The van der Waals surface area contributed by atoms with Crippen LogP contribution in [0.2, 0.25) is 0 Å². The standard InChI is InChI=1S/C10H13N5O/c1-5(2)9(16)11-10-13-12-8-6(3)7(4)14-15(8)10/h14H,1H2,2-4H3,(H,11,13,16). The normalized spacial score (nSPS) is 10.7. The minimum atomic E-state index is -0.265. The summed E-state index contributed by atoms with van der Waals surface area (Å²) in [5.74, 6) is 0.110. The lowest BCUT2D eigenvalue weighted by Crippen LogP contribution is -2.14. The van der Waals surface area contributed by atoms with Gasteiger partial charge in [-0.3, -0.25) is 15.2 Å². The first-order valence-corrected chi connectivity index (χ1v) is 4.88. The molecule has 0 unspecified atom stereocenters. The Kier molecular flexibility index (Phi) is 2.26. The summed E-state index contributed by atoms with van der Waals surface area (Å²) in [7, 11) is 0. The number of aromatic amines is 1. The van der Waals surface area contributed by atoms with Gasteiger partial charge >= 0.3 is 0 Å². The van der Waals surface area contributed by atoms with Crippen LogP contribution in [0.15, 0.2) is 12.2 Å². The van der Waals surface area contributed by atoms with Crippen molar-refractivity contribution in [2.45, 2.75) is 20.8 Å². The molecule has 0 aliphatic heterocycles. The van der Waals surface area contributed by atoms with Crippen molar-refractivity contribution in [1.29, 1.82) is 0 Å². The van der Waals surface area contributed by atoms with Crippen LogP contribution in [0.3, 0.4) is 0 Å². The lowest BCUT2D eigenvalue weighted by molar-refractivity contribution is -0.112. The third-order valence-electron chi connectivity index (χ3n) is 2.45. The van der Waals surface area contributed by atoms with Crippen LogP contribution >= 0.6 is 0 Å². The topological polar surface area (TPSA) is 75.1 Å². The van der Waals surface area contributed by atoms with Gasteiger partial charge in [-0.1, -0.05) is 6.58 Å². The summed E-state index contributed by atoms with van der Waals surface area (Å²) in [6.45, 7) is 9.08. The molecule has 0 aliphatic carbocycles. The van der Waals surface area contributed by atoms with Crippen molar-refractivity contribution in [1.82, 2.24) is 19.8 Å². The fraction of sp³-hybridized carbons (Fsp3) is 0.300. The predicted octanol–water partition coefficient (Wildman–Crippen LogP) is 1.19. The lowest BCUT2D eigenvalue weighted by atomic mass is 10.3. The molecule has 0 aliphatic rings. The summed E-state index contributed by atoms with van der Waals surface area (Å²) >= 11 is 0. The van der Waals surface area contributed by atoms with Crippen LogP contribution in [0.5, 0.6) is 0 Å². The molecule has 0 saturated carbocycles. The number of amides is 1. The lowest BCUT2D eigenvalue weighted by Gasteiger charge is -2.00. The highest BCUT2D eigenvalue weighted by Gasteiger charge is 2.13. The summed E-state index contributed by atoms with van der Waals surface area (Å²) in [6.07, 6.45) is 0. The molecular formula is C10H13N5O. The Morgan fingerprint density at radius 2 is 2.12 bits per heavy atom. The van der Waals surface area contributed by atoms with Crippen molar-refractivity contribution in [3.63, 3.8) is 0 Å². The van der Waals surface area contributed by atoms with Gasteiger partial charge in [-0.15, -0.1) is 10.2 Å². The van der Waals surface area contributed by atoms with Gasteiger partial charge in [0.05, 0.1) is 0 Å². The van der Waals surface area contributed by atoms with Crippen molar-refractivity contribution < 1.29 is 4.79 Å². The number of rotatable bonds is 2. The Balaban J connectivity index is 2.42. The number of nitrogens with zero attached hydrogens (tertiary/aromatic N) is 3. The van der Waals surface area contributed by atoms with Crippen molar-refractivity contribution in [2.75, 3.05) is 5.32 Å². The zero-order valence-corrected chi connectivity index (χ0v) is 9.46. The smallest absolute Gasteiger partial charge is 0.253 e. The summed E-state index contributed by atoms with van der Waals surface area (Å²) < 4.78 is 1.64. The molecular weight excluding hydrogens is 206 g/mol. The molecule has 0 atom stereocenters. The Bertz CT molecular complexity index is 577. The molecule has 6 heteroatoms. The molecule has 0 fully saturated rings. The fourth-order valence-corrected chi connectivity index (χ4v) is 1.34. The average molecular weight is 219 g/mol. The third-order valence-corrected chi connectivity index (χ3v) is 2.45. The van der Waals surface area contributed by atoms with Gasteiger partial charge in [0.15, 0.2) is 5.65 Å². The number of fused-ring (bicyclic) bond motifs is 1. The van der Waals surface area contributed by atoms with Crippen LogP contribution in [0.4, 0.5) is 5.95 Å². The molecule has 2 aromatic heterocycles. The Labute approximate surface area is 92.3 Å². The van der Waals surface area contributed by atoms with E-state index in [4.69, 9.17) is 0 Å². The van der Waals surface area contributed by atoms with E-state index in [-0.39, 0.29) is 5.91 Å². The number of anilines is 1. The average Bonchev–Trinajstić information content (AvgIpc) is 2.71. The van der Waals surface area contributed by atoms with Crippen LogP contribution in [0.25, 0.3) is 5.65 Å². The number of aryl methyl sites for hydroxylation is 2. The van der Waals surface area contributed by atoms with E-state index in [1.807, 2.05) is 13.8 Å². The van der Waals surface area contributed by atoms with Crippen LogP contribution in [0, 0.1) is 13.8 Å². The number of carbonyl (C=O) groups is 1. The maximum Gasteiger partial charge on any atom is 0.253 e. The van der Waals surface area contributed by atoms with Gasteiger partial charge in [0.2, 0.25) is 0 Å². The maximum absolute atomic E-state index is 11.4. The van der Waals surface area contributed by atoms with E-state index in [2.05, 4.69) is 27.2 Å². The molecule has 1 amide bonds. The number of aromatic nitrogens is 4. The Morgan fingerprint density at radius 3 is 2.75 bits per heavy atom. The third kappa shape index (κ3) is 1.48. The molecule has 2 N–H and O–H groups in total. The highest BCUT2D eigenvalue weighted by atomic mass is 16.1. The number of carbonyl (C=O) groups excluding carboxylic acids is 1. The van der Waals surface area contributed by atoms with Crippen LogP contribution in [0.1, 0.15) is 18.2 Å². The summed E-state index contributed by atoms with van der Waals surface area (Å²) in [6, 6.07) is 0. The number of H-pyrrole nitrogens is 1. The second kappa shape index (κ2) is 3.48. The van der Waals surface area contributed by atoms with E-state index in [1.54, 1.807) is 11.4 Å². The molecule has 16 heavy (non-hydrogen) atoms. The van der Waals surface area contributed by atoms with E-state index in [0.717, 1.165) is 16.9 Å². The maximum atomic E-state index is 11.4. The first-order chi connectivity index (χ1) is 7.50. The molecule has 2 rings (SSSR count). The molecule has 2 heterocycles. The molecule has 0 aromatic carbocycles. The molecule has 2 aromatic rings. The zero-order valence-electron chi connectivity index (χ0n) is 9.46. The largest absolute Gasteiger partial charge is 0.294 e. The fourth-order valence-electron chi connectivity index (χ4n) is 1.34. The second-order valence-electron chi connectivity index (χ2n) is 3.78. The number of hydrogen-bond donors (Lipinski definition) is 2. The van der Waals surface area contributed by atoms with E-state index in [9.17, 15) is 4.79 Å². The van der Waals surface area contributed by atoms with E-state index in [1.165, 1.54) is 0 Å². The van der Waals surface area contributed by atoms with Gasteiger partial charge in [-0.25, -0.2) is 4.52 Å². The Morgan fingerprint density at radius 1 is 1.44 bits per heavy atom. The van der Waals surface area contributed by atoms with Gasteiger partial charge < -0.3 is 0 Å². The van der Waals surface area contributed by atoms with Crippen LogP contribution in [-0.2, 0) is 4.79 Å². The molecule has 0 bridgehead atoms. The molecule has 0 saturated heterocycles. The first-order valence-electron chi connectivity index (χ1n) is 4.88. The molecule has 0 radical (unpaired) electrons. The van der Waals surface area contributed by atoms with Crippen molar-refractivity contribution >= 4 is 17.5 Å². The summed E-state index contributed by atoms with van der Waals surface area (Å²) in [5.41, 5.74) is 3.16. The van der Waals surface area contributed by atoms with E-state index in [0.29, 0.717) is 11.5 Å². The van der Waals surface area contributed by atoms with Gasteiger partial charge in [-0.05, 0) is 20.8 Å². The minimum Gasteiger partial charge on any atom is -0.294 e. The SMILES string of the molecule is C=C(C)C(=O)Nc1nnc2c(C)c(C)[nH]n12. The Hall–Kier alpha value is -2.11. The predicted molar refractivity (Wildman–Crippen MR) is 60.3 cm³/mol. The van der Waals surface area contributed by atoms with Gasteiger partial charge in [0.1, 0.15) is 0 Å². The van der Waals surface area contributed by atoms with Crippen molar-refractivity contribution in [3.8, 4) is 0 Å². The van der Waals surface area contributed by atoms with Crippen molar-refractivity contribution in [2.24, 2.45) is 0 Å².